The van der Waals surface area contributed by atoms with E-state index in [4.69, 9.17) is 10.5 Å². The summed E-state index contributed by atoms with van der Waals surface area (Å²) in [5.74, 6) is 0.928. The van der Waals surface area contributed by atoms with Gasteiger partial charge < -0.3 is 10.5 Å². The van der Waals surface area contributed by atoms with Gasteiger partial charge in [-0.2, -0.15) is 0 Å². The quantitative estimate of drug-likeness (QED) is 0.919. The van der Waals surface area contributed by atoms with Crippen LogP contribution in [-0.4, -0.2) is 11.6 Å². The van der Waals surface area contributed by atoms with Crippen LogP contribution in [0.5, 0.6) is 5.75 Å². The molecule has 0 amide bonds. The van der Waals surface area contributed by atoms with Gasteiger partial charge in [0.2, 0.25) is 0 Å². The zero-order valence-electron chi connectivity index (χ0n) is 11.0. The Morgan fingerprint density at radius 1 is 1.33 bits per heavy atom. The standard InChI is InChI=1S/C14H18N2OS/c1-4-17-14-10(3)5-9(2)6-11(14)12-8-18-13(7-15)16-12/h5-6,8H,4,7,15H2,1-3H3. The summed E-state index contributed by atoms with van der Waals surface area (Å²) in [6, 6.07) is 4.25. The zero-order valence-corrected chi connectivity index (χ0v) is 11.8. The number of hydrogen-bond donors (Lipinski definition) is 1. The van der Waals surface area contributed by atoms with Crippen LogP contribution in [0.1, 0.15) is 23.1 Å². The Morgan fingerprint density at radius 2 is 2.11 bits per heavy atom. The molecule has 1 heterocycles. The minimum atomic E-state index is 0.486. The second-order valence-electron chi connectivity index (χ2n) is 4.22. The predicted molar refractivity (Wildman–Crippen MR) is 76.1 cm³/mol. The molecule has 2 rings (SSSR count). The van der Waals surface area contributed by atoms with E-state index in [-0.39, 0.29) is 0 Å². The fourth-order valence-corrected chi connectivity index (χ4v) is 2.68. The van der Waals surface area contributed by atoms with Gasteiger partial charge >= 0.3 is 0 Å². The van der Waals surface area contributed by atoms with Crippen molar-refractivity contribution in [2.24, 2.45) is 5.73 Å². The first-order valence-electron chi connectivity index (χ1n) is 6.04. The molecule has 0 saturated carbocycles. The van der Waals surface area contributed by atoms with Gasteiger partial charge in [0, 0.05) is 17.5 Å². The van der Waals surface area contributed by atoms with Crippen LogP contribution in [0, 0.1) is 13.8 Å². The molecule has 0 spiro atoms. The lowest BCUT2D eigenvalue weighted by Gasteiger charge is -2.13. The molecular formula is C14H18N2OS. The maximum absolute atomic E-state index is 5.75. The monoisotopic (exact) mass is 262 g/mol. The van der Waals surface area contributed by atoms with Gasteiger partial charge in [0.05, 0.1) is 12.3 Å². The summed E-state index contributed by atoms with van der Waals surface area (Å²) in [6.45, 7) is 7.29. The van der Waals surface area contributed by atoms with Crippen LogP contribution >= 0.6 is 11.3 Å². The van der Waals surface area contributed by atoms with Crippen molar-refractivity contribution < 1.29 is 4.74 Å². The van der Waals surface area contributed by atoms with E-state index < -0.39 is 0 Å². The Hall–Kier alpha value is -1.39. The number of hydrogen-bond acceptors (Lipinski definition) is 4. The molecule has 96 valence electrons. The van der Waals surface area contributed by atoms with Gasteiger partial charge in [-0.25, -0.2) is 4.98 Å². The molecule has 2 aromatic rings. The molecule has 2 N–H and O–H groups in total. The van der Waals surface area contributed by atoms with E-state index in [0.29, 0.717) is 13.2 Å². The molecule has 0 atom stereocenters. The lowest BCUT2D eigenvalue weighted by Crippen LogP contribution is -1.98. The largest absolute Gasteiger partial charge is 0.493 e. The van der Waals surface area contributed by atoms with Gasteiger partial charge in [0.15, 0.2) is 0 Å². The third-order valence-electron chi connectivity index (χ3n) is 2.71. The van der Waals surface area contributed by atoms with Crippen LogP contribution in [-0.2, 0) is 6.54 Å². The number of rotatable bonds is 4. The summed E-state index contributed by atoms with van der Waals surface area (Å²) in [5, 5.41) is 2.99. The average Bonchev–Trinajstić information content (AvgIpc) is 2.81. The Kier molecular flexibility index (Phi) is 3.99. The average molecular weight is 262 g/mol. The molecule has 1 aromatic heterocycles. The van der Waals surface area contributed by atoms with E-state index >= 15 is 0 Å². The van der Waals surface area contributed by atoms with Gasteiger partial charge in [0.1, 0.15) is 10.8 Å². The molecule has 18 heavy (non-hydrogen) atoms. The van der Waals surface area contributed by atoms with Gasteiger partial charge in [-0.1, -0.05) is 6.07 Å². The number of aryl methyl sites for hydroxylation is 2. The van der Waals surface area contributed by atoms with Crippen LogP contribution in [0.15, 0.2) is 17.5 Å². The Morgan fingerprint density at radius 3 is 2.72 bits per heavy atom. The van der Waals surface area contributed by atoms with Crippen molar-refractivity contribution in [2.45, 2.75) is 27.3 Å². The first-order chi connectivity index (χ1) is 8.65. The van der Waals surface area contributed by atoms with E-state index in [1.165, 1.54) is 5.56 Å². The molecule has 0 aliphatic carbocycles. The van der Waals surface area contributed by atoms with Gasteiger partial charge in [-0.15, -0.1) is 11.3 Å². The van der Waals surface area contributed by atoms with E-state index in [1.54, 1.807) is 11.3 Å². The summed E-state index contributed by atoms with van der Waals surface area (Å²) < 4.78 is 5.75. The highest BCUT2D eigenvalue weighted by Gasteiger charge is 2.13. The van der Waals surface area contributed by atoms with Gasteiger partial charge in [-0.3, -0.25) is 0 Å². The van der Waals surface area contributed by atoms with Crippen LogP contribution in [0.2, 0.25) is 0 Å². The van der Waals surface area contributed by atoms with Crippen molar-refractivity contribution in [3.63, 3.8) is 0 Å². The molecule has 4 heteroatoms. The minimum absolute atomic E-state index is 0.486. The van der Waals surface area contributed by atoms with E-state index in [9.17, 15) is 0 Å². The van der Waals surface area contributed by atoms with Crippen molar-refractivity contribution >= 4 is 11.3 Å². The van der Waals surface area contributed by atoms with Crippen LogP contribution in [0.25, 0.3) is 11.3 Å². The molecule has 1 aromatic carbocycles. The minimum Gasteiger partial charge on any atom is -0.493 e. The molecule has 0 saturated heterocycles. The van der Waals surface area contributed by atoms with Crippen molar-refractivity contribution in [1.82, 2.24) is 4.98 Å². The van der Waals surface area contributed by atoms with Gasteiger partial charge in [0.25, 0.3) is 0 Å². The summed E-state index contributed by atoms with van der Waals surface area (Å²) >= 11 is 1.59. The third-order valence-corrected chi connectivity index (χ3v) is 3.58. The Bertz CT molecular complexity index is 549. The second-order valence-corrected chi connectivity index (χ2v) is 5.16. The molecule has 0 aliphatic rings. The van der Waals surface area contributed by atoms with Crippen LogP contribution in [0.3, 0.4) is 0 Å². The fraction of sp³-hybridized carbons (Fsp3) is 0.357. The maximum atomic E-state index is 5.75. The second kappa shape index (κ2) is 5.50. The first kappa shape index (κ1) is 13.1. The Labute approximate surface area is 112 Å². The smallest absolute Gasteiger partial charge is 0.131 e. The number of nitrogens with two attached hydrogens (primary N) is 1. The first-order valence-corrected chi connectivity index (χ1v) is 6.92. The van der Waals surface area contributed by atoms with Crippen molar-refractivity contribution in [2.75, 3.05) is 6.61 Å². The molecule has 3 nitrogen and oxygen atoms in total. The van der Waals surface area contributed by atoms with Crippen molar-refractivity contribution in [3.8, 4) is 17.0 Å². The topological polar surface area (TPSA) is 48.1 Å². The number of nitrogens with zero attached hydrogens (tertiary/aromatic N) is 1. The summed E-state index contributed by atoms with van der Waals surface area (Å²) in [7, 11) is 0. The van der Waals surface area contributed by atoms with Gasteiger partial charge in [-0.05, 0) is 38.0 Å². The lowest BCUT2D eigenvalue weighted by molar-refractivity contribution is 0.339. The van der Waals surface area contributed by atoms with Crippen molar-refractivity contribution in [1.29, 1.82) is 0 Å². The van der Waals surface area contributed by atoms with E-state index in [0.717, 1.165) is 27.6 Å². The molecule has 0 bridgehead atoms. The molecule has 0 aliphatic heterocycles. The highest BCUT2D eigenvalue weighted by molar-refractivity contribution is 7.09. The van der Waals surface area contributed by atoms with Crippen LogP contribution < -0.4 is 10.5 Å². The lowest BCUT2D eigenvalue weighted by atomic mass is 10.0. The third kappa shape index (κ3) is 2.54. The molecular weight excluding hydrogens is 244 g/mol. The van der Waals surface area contributed by atoms with Crippen molar-refractivity contribution in [3.05, 3.63) is 33.6 Å². The highest BCUT2D eigenvalue weighted by atomic mass is 32.1. The molecule has 0 radical (unpaired) electrons. The van der Waals surface area contributed by atoms with E-state index in [1.807, 2.05) is 12.3 Å². The highest BCUT2D eigenvalue weighted by Crippen LogP contribution is 2.34. The number of ether oxygens (including phenoxy) is 1. The Balaban J connectivity index is 2.53. The summed E-state index contributed by atoms with van der Waals surface area (Å²) in [4.78, 5) is 4.54. The number of benzene rings is 1. The fourth-order valence-electron chi connectivity index (χ4n) is 2.01. The summed E-state index contributed by atoms with van der Waals surface area (Å²) in [6.07, 6.45) is 0. The number of thiazole rings is 1. The predicted octanol–water partition coefficient (Wildman–Crippen LogP) is 3.28. The molecule has 0 fully saturated rings. The number of aromatic nitrogens is 1. The molecule has 0 unspecified atom stereocenters. The van der Waals surface area contributed by atoms with Crippen LogP contribution in [0.4, 0.5) is 0 Å². The maximum Gasteiger partial charge on any atom is 0.131 e. The van der Waals surface area contributed by atoms with E-state index in [2.05, 4.69) is 31.0 Å². The summed E-state index contributed by atoms with van der Waals surface area (Å²) in [5.41, 5.74) is 9.99. The zero-order chi connectivity index (χ0) is 13.1. The normalized spacial score (nSPS) is 10.7. The SMILES string of the molecule is CCOc1c(C)cc(C)cc1-c1csc(CN)n1.